The van der Waals surface area contributed by atoms with E-state index in [4.69, 9.17) is 0 Å². The second kappa shape index (κ2) is 4.83. The van der Waals surface area contributed by atoms with E-state index in [2.05, 4.69) is 18.7 Å². The van der Waals surface area contributed by atoms with Crippen LogP contribution in [0.15, 0.2) is 0 Å². The van der Waals surface area contributed by atoms with Gasteiger partial charge >= 0.3 is 0 Å². The number of aliphatic hydroxyl groups excluding tert-OH is 1. The molecule has 0 saturated carbocycles. The third-order valence-electron chi connectivity index (χ3n) is 2.64. The molecule has 1 saturated heterocycles. The van der Waals surface area contributed by atoms with Gasteiger partial charge in [-0.05, 0) is 25.8 Å². The summed E-state index contributed by atoms with van der Waals surface area (Å²) in [4.78, 5) is 2.44. The summed E-state index contributed by atoms with van der Waals surface area (Å²) in [5, 5.41) is 9.48. The summed E-state index contributed by atoms with van der Waals surface area (Å²) in [7, 11) is 0. The molecule has 1 rings (SSSR count). The zero-order valence-corrected chi connectivity index (χ0v) is 8.29. The number of aliphatic hydroxyl groups is 1. The maximum Gasteiger partial charge on any atom is 0.0682 e. The fourth-order valence-electron chi connectivity index (χ4n) is 2.15. The smallest absolute Gasteiger partial charge is 0.0682 e. The van der Waals surface area contributed by atoms with Crippen molar-refractivity contribution in [2.24, 2.45) is 0 Å². The normalized spacial score (nSPS) is 31.2. The Kier molecular flexibility index (Phi) is 4.02. The van der Waals surface area contributed by atoms with Crippen molar-refractivity contribution in [1.29, 1.82) is 0 Å². The van der Waals surface area contributed by atoms with Gasteiger partial charge in [-0.25, -0.2) is 0 Å². The number of rotatable bonds is 4. The minimum Gasteiger partial charge on any atom is -0.392 e. The van der Waals surface area contributed by atoms with E-state index in [9.17, 15) is 5.11 Å². The molecule has 72 valence electrons. The van der Waals surface area contributed by atoms with E-state index in [-0.39, 0.29) is 6.10 Å². The molecule has 0 spiro atoms. The molecular formula is C10H21NO. The highest BCUT2D eigenvalue weighted by atomic mass is 16.3. The molecule has 2 heteroatoms. The molecule has 0 amide bonds. The zero-order chi connectivity index (χ0) is 8.97. The van der Waals surface area contributed by atoms with Crippen LogP contribution in [0.4, 0.5) is 0 Å². The molecule has 1 heterocycles. The summed E-state index contributed by atoms with van der Waals surface area (Å²) in [5.41, 5.74) is 0. The van der Waals surface area contributed by atoms with Crippen LogP contribution in [0, 0.1) is 0 Å². The maximum absolute atomic E-state index is 9.48. The highest BCUT2D eigenvalue weighted by Gasteiger charge is 2.28. The van der Waals surface area contributed by atoms with E-state index in [1.807, 2.05) is 0 Å². The third-order valence-corrected chi connectivity index (χ3v) is 2.64. The first-order valence-electron chi connectivity index (χ1n) is 5.20. The SMILES string of the molecule is CCC[C@@H]1C[C@@H](O)CN1CCC. The molecule has 2 atom stereocenters. The van der Waals surface area contributed by atoms with Crippen LogP contribution in [0.5, 0.6) is 0 Å². The zero-order valence-electron chi connectivity index (χ0n) is 8.29. The largest absolute Gasteiger partial charge is 0.392 e. The molecule has 1 fully saturated rings. The molecule has 0 aromatic carbocycles. The van der Waals surface area contributed by atoms with Gasteiger partial charge in [-0.1, -0.05) is 20.3 Å². The van der Waals surface area contributed by atoms with Crippen LogP contribution in [-0.2, 0) is 0 Å². The standard InChI is InChI=1S/C10H21NO/c1-3-5-9-7-10(12)8-11(9)6-4-2/h9-10,12H,3-8H2,1-2H3/t9-,10-/m1/s1. The molecule has 0 bridgehead atoms. The molecule has 1 aliphatic heterocycles. The summed E-state index contributed by atoms with van der Waals surface area (Å²) >= 11 is 0. The lowest BCUT2D eigenvalue weighted by Gasteiger charge is -2.22. The van der Waals surface area contributed by atoms with Crippen LogP contribution in [0.1, 0.15) is 39.5 Å². The van der Waals surface area contributed by atoms with Gasteiger partial charge in [0.15, 0.2) is 0 Å². The van der Waals surface area contributed by atoms with Crippen molar-refractivity contribution in [2.45, 2.75) is 51.7 Å². The molecule has 1 aliphatic rings. The van der Waals surface area contributed by atoms with E-state index < -0.39 is 0 Å². The lowest BCUT2D eigenvalue weighted by Crippen LogP contribution is -2.30. The van der Waals surface area contributed by atoms with Crippen molar-refractivity contribution in [3.8, 4) is 0 Å². The van der Waals surface area contributed by atoms with Crippen molar-refractivity contribution in [3.05, 3.63) is 0 Å². The molecule has 0 unspecified atom stereocenters. The molecule has 2 nitrogen and oxygen atoms in total. The molecule has 1 N–H and O–H groups in total. The van der Waals surface area contributed by atoms with Gasteiger partial charge in [-0.3, -0.25) is 4.90 Å². The van der Waals surface area contributed by atoms with E-state index in [1.54, 1.807) is 0 Å². The number of nitrogens with zero attached hydrogens (tertiary/aromatic N) is 1. The Hall–Kier alpha value is -0.0800. The first-order valence-corrected chi connectivity index (χ1v) is 5.20. The van der Waals surface area contributed by atoms with Crippen molar-refractivity contribution >= 4 is 0 Å². The molecule has 0 aromatic heterocycles. The van der Waals surface area contributed by atoms with Crippen LogP contribution >= 0.6 is 0 Å². The monoisotopic (exact) mass is 171 g/mol. The Bertz CT molecular complexity index is 113. The van der Waals surface area contributed by atoms with Crippen LogP contribution in [0.25, 0.3) is 0 Å². The second-order valence-electron chi connectivity index (χ2n) is 3.83. The maximum atomic E-state index is 9.48. The molecule has 12 heavy (non-hydrogen) atoms. The van der Waals surface area contributed by atoms with Gasteiger partial charge < -0.3 is 5.11 Å². The van der Waals surface area contributed by atoms with Gasteiger partial charge in [-0.2, -0.15) is 0 Å². The fourth-order valence-corrected chi connectivity index (χ4v) is 2.15. The summed E-state index contributed by atoms with van der Waals surface area (Å²) in [6.07, 6.45) is 4.61. The Labute approximate surface area is 75.6 Å². The third kappa shape index (κ3) is 2.46. The van der Waals surface area contributed by atoms with Gasteiger partial charge in [0.1, 0.15) is 0 Å². The lowest BCUT2D eigenvalue weighted by molar-refractivity contribution is 0.174. The van der Waals surface area contributed by atoms with Gasteiger partial charge in [0.2, 0.25) is 0 Å². The fraction of sp³-hybridized carbons (Fsp3) is 1.00. The summed E-state index contributed by atoms with van der Waals surface area (Å²) < 4.78 is 0. The highest BCUT2D eigenvalue weighted by Crippen LogP contribution is 2.21. The summed E-state index contributed by atoms with van der Waals surface area (Å²) in [6, 6.07) is 0.657. The molecule has 0 radical (unpaired) electrons. The number of β-amino-alcohol motifs (C(OH)–C–C–N with tert-alkyl or cyclic N) is 1. The van der Waals surface area contributed by atoms with E-state index >= 15 is 0 Å². The van der Waals surface area contributed by atoms with Crippen LogP contribution < -0.4 is 0 Å². The summed E-state index contributed by atoms with van der Waals surface area (Å²) in [6.45, 7) is 6.47. The topological polar surface area (TPSA) is 23.5 Å². The quantitative estimate of drug-likeness (QED) is 0.695. The first-order chi connectivity index (χ1) is 5.77. The molecular weight excluding hydrogens is 150 g/mol. The molecule has 0 aromatic rings. The van der Waals surface area contributed by atoms with Crippen molar-refractivity contribution < 1.29 is 5.11 Å². The van der Waals surface area contributed by atoms with Crippen LogP contribution in [-0.4, -0.2) is 35.2 Å². The van der Waals surface area contributed by atoms with Gasteiger partial charge in [-0.15, -0.1) is 0 Å². The van der Waals surface area contributed by atoms with Gasteiger partial charge in [0, 0.05) is 12.6 Å². The molecule has 0 aliphatic carbocycles. The van der Waals surface area contributed by atoms with Crippen molar-refractivity contribution in [2.75, 3.05) is 13.1 Å². The lowest BCUT2D eigenvalue weighted by atomic mass is 10.1. The van der Waals surface area contributed by atoms with Gasteiger partial charge in [0.25, 0.3) is 0 Å². The highest BCUT2D eigenvalue weighted by molar-refractivity contribution is 4.84. The average Bonchev–Trinajstić information content (AvgIpc) is 2.33. The van der Waals surface area contributed by atoms with E-state index in [0.717, 1.165) is 19.5 Å². The van der Waals surface area contributed by atoms with Crippen LogP contribution in [0.2, 0.25) is 0 Å². The minimum absolute atomic E-state index is 0.0619. The Morgan fingerprint density at radius 3 is 2.67 bits per heavy atom. The van der Waals surface area contributed by atoms with Gasteiger partial charge in [0.05, 0.1) is 6.10 Å². The number of hydrogen-bond acceptors (Lipinski definition) is 2. The van der Waals surface area contributed by atoms with Crippen molar-refractivity contribution in [3.63, 3.8) is 0 Å². The number of hydrogen-bond donors (Lipinski definition) is 1. The predicted octanol–water partition coefficient (Wildman–Crippen LogP) is 1.63. The Morgan fingerprint density at radius 2 is 2.08 bits per heavy atom. The Morgan fingerprint density at radius 1 is 1.33 bits per heavy atom. The Balaban J connectivity index is 2.36. The van der Waals surface area contributed by atoms with E-state index in [1.165, 1.54) is 19.3 Å². The van der Waals surface area contributed by atoms with Crippen molar-refractivity contribution in [1.82, 2.24) is 4.90 Å². The summed E-state index contributed by atoms with van der Waals surface area (Å²) in [5.74, 6) is 0. The minimum atomic E-state index is -0.0619. The number of likely N-dealkylation sites (tertiary alicyclic amines) is 1. The second-order valence-corrected chi connectivity index (χ2v) is 3.83. The van der Waals surface area contributed by atoms with E-state index in [0.29, 0.717) is 6.04 Å². The predicted molar refractivity (Wildman–Crippen MR) is 51.2 cm³/mol. The van der Waals surface area contributed by atoms with Crippen LogP contribution in [0.3, 0.4) is 0 Å². The first kappa shape index (κ1) is 10.0. The average molecular weight is 171 g/mol.